The number of hydrogen-bond donors (Lipinski definition) is 1. The van der Waals surface area contributed by atoms with Gasteiger partial charge in [0, 0.05) is 24.2 Å². The number of ketones is 1. The van der Waals surface area contributed by atoms with Crippen LogP contribution in [0.5, 0.6) is 11.6 Å². The Balaban J connectivity index is 2.30. The second kappa shape index (κ2) is 10.1. The maximum atomic E-state index is 12.7. The summed E-state index contributed by atoms with van der Waals surface area (Å²) in [4.78, 5) is 25.2. The van der Waals surface area contributed by atoms with E-state index in [0.29, 0.717) is 25.4 Å². The molecule has 1 aromatic heterocycles. The van der Waals surface area contributed by atoms with E-state index >= 15 is 0 Å². The largest absolute Gasteiger partial charge is 0.494 e. The molecule has 0 atom stereocenters. The third-order valence-electron chi connectivity index (χ3n) is 4.14. The van der Waals surface area contributed by atoms with Crippen molar-refractivity contribution in [1.82, 2.24) is 4.57 Å². The summed E-state index contributed by atoms with van der Waals surface area (Å²) < 4.78 is 12.6. The summed E-state index contributed by atoms with van der Waals surface area (Å²) in [6, 6.07) is 8.77. The molecule has 0 bridgehead atoms. The van der Waals surface area contributed by atoms with Crippen LogP contribution in [0.25, 0.3) is 0 Å². The molecule has 0 unspecified atom stereocenters. The molecule has 8 heteroatoms. The molecule has 0 saturated heterocycles. The lowest BCUT2D eigenvalue weighted by molar-refractivity contribution is 0.0916. The van der Waals surface area contributed by atoms with Crippen LogP contribution in [0.15, 0.2) is 33.5 Å². The van der Waals surface area contributed by atoms with Crippen molar-refractivity contribution in [2.24, 2.45) is 0 Å². The van der Waals surface area contributed by atoms with Crippen molar-refractivity contribution in [1.29, 1.82) is 5.26 Å². The molecule has 148 valence electrons. The van der Waals surface area contributed by atoms with Gasteiger partial charge in [0.25, 0.3) is 5.56 Å². The maximum Gasteiger partial charge on any atom is 0.271 e. The van der Waals surface area contributed by atoms with Gasteiger partial charge in [-0.2, -0.15) is 5.26 Å². The number of ether oxygens (including phenoxy) is 2. The molecule has 0 fully saturated rings. The molecule has 7 nitrogen and oxygen atoms in total. The molecule has 1 N–H and O–H groups in total. The molecule has 0 aliphatic carbocycles. The topological polar surface area (TPSA) is 102 Å². The lowest BCUT2D eigenvalue weighted by Crippen LogP contribution is -2.28. The molecular weight excluding hydrogens is 428 g/mol. The molecule has 0 amide bonds. The molecule has 28 heavy (non-hydrogen) atoms. The fourth-order valence-electron chi connectivity index (χ4n) is 2.71. The van der Waals surface area contributed by atoms with E-state index in [2.05, 4.69) is 15.9 Å². The Morgan fingerprint density at radius 1 is 1.32 bits per heavy atom. The molecular formula is C20H21BrN2O5. The van der Waals surface area contributed by atoms with Crippen LogP contribution < -0.4 is 10.3 Å². The number of carbonyl (C=O) groups is 1. The summed E-state index contributed by atoms with van der Waals surface area (Å²) in [5.74, 6) is -0.491. The van der Waals surface area contributed by atoms with E-state index in [9.17, 15) is 20.0 Å². The van der Waals surface area contributed by atoms with Crippen molar-refractivity contribution >= 4 is 21.7 Å². The number of carbonyl (C=O) groups excluding carboxylic acids is 1. The summed E-state index contributed by atoms with van der Waals surface area (Å²) in [6.07, 6.45) is 0.457. The zero-order valence-corrected chi connectivity index (χ0v) is 17.3. The van der Waals surface area contributed by atoms with Crippen LogP contribution in [0, 0.1) is 18.3 Å². The van der Waals surface area contributed by atoms with Gasteiger partial charge in [-0.25, -0.2) is 0 Å². The van der Waals surface area contributed by atoms with Crippen molar-refractivity contribution < 1.29 is 19.4 Å². The van der Waals surface area contributed by atoms with Crippen molar-refractivity contribution in [2.75, 3.05) is 19.8 Å². The first kappa shape index (κ1) is 21.7. The highest BCUT2D eigenvalue weighted by atomic mass is 79.9. The predicted molar refractivity (Wildman–Crippen MR) is 107 cm³/mol. The third kappa shape index (κ3) is 5.00. The molecule has 0 radical (unpaired) electrons. The van der Waals surface area contributed by atoms with Gasteiger partial charge in [0.1, 0.15) is 17.4 Å². The number of Topliss-reactive ketones (excluding diaryl/α,β-unsaturated/α-hetero) is 1. The van der Waals surface area contributed by atoms with Crippen LogP contribution in [-0.2, 0) is 11.3 Å². The predicted octanol–water partition coefficient (Wildman–Crippen LogP) is 3.18. The van der Waals surface area contributed by atoms with E-state index in [0.717, 1.165) is 9.04 Å². The normalized spacial score (nSPS) is 10.5. The van der Waals surface area contributed by atoms with E-state index < -0.39 is 17.2 Å². The second-order valence-corrected chi connectivity index (χ2v) is 6.90. The highest BCUT2D eigenvalue weighted by Crippen LogP contribution is 2.23. The fourth-order valence-corrected chi connectivity index (χ4v) is 2.98. The smallest absolute Gasteiger partial charge is 0.271 e. The van der Waals surface area contributed by atoms with Gasteiger partial charge in [-0.05, 0) is 50.1 Å². The molecule has 0 aliphatic rings. The number of aromatic nitrogens is 1. The number of halogens is 1. The number of pyridine rings is 1. The van der Waals surface area contributed by atoms with Gasteiger partial charge >= 0.3 is 0 Å². The average Bonchev–Trinajstić information content (AvgIpc) is 2.67. The summed E-state index contributed by atoms with van der Waals surface area (Å²) in [6.45, 7) is 4.05. The lowest BCUT2D eigenvalue weighted by Gasteiger charge is -2.15. The van der Waals surface area contributed by atoms with Gasteiger partial charge in [-0.1, -0.05) is 15.9 Å². The number of nitrogens with zero attached hydrogens (tertiary/aromatic N) is 2. The van der Waals surface area contributed by atoms with E-state index in [1.807, 2.05) is 13.0 Å². The molecule has 0 saturated carbocycles. The Hall–Kier alpha value is -2.63. The first-order valence-electron chi connectivity index (χ1n) is 8.76. The van der Waals surface area contributed by atoms with E-state index in [1.54, 1.807) is 24.3 Å². The van der Waals surface area contributed by atoms with Crippen LogP contribution in [0.2, 0.25) is 0 Å². The summed E-state index contributed by atoms with van der Waals surface area (Å²) in [5, 5.41) is 19.9. The van der Waals surface area contributed by atoms with Gasteiger partial charge < -0.3 is 14.6 Å². The van der Waals surface area contributed by atoms with Crippen LogP contribution in [0.1, 0.15) is 34.8 Å². The van der Waals surface area contributed by atoms with Crippen LogP contribution in [0.3, 0.4) is 0 Å². The molecule has 2 aromatic rings. The van der Waals surface area contributed by atoms with Gasteiger partial charge in [0.05, 0.1) is 5.56 Å². The first-order chi connectivity index (χ1) is 13.4. The molecule has 1 heterocycles. The molecule has 2 rings (SSSR count). The van der Waals surface area contributed by atoms with Gasteiger partial charge in [-0.15, -0.1) is 0 Å². The summed E-state index contributed by atoms with van der Waals surface area (Å²) >= 11 is 3.31. The van der Waals surface area contributed by atoms with Gasteiger partial charge in [-0.3, -0.25) is 14.2 Å². The molecule has 0 spiro atoms. The minimum atomic E-state index is -0.626. The van der Waals surface area contributed by atoms with E-state index in [1.165, 1.54) is 6.92 Å². The number of hydrogen-bond acceptors (Lipinski definition) is 6. The maximum absolute atomic E-state index is 12.7. The zero-order valence-electron chi connectivity index (χ0n) is 15.7. The van der Waals surface area contributed by atoms with Crippen molar-refractivity contribution in [3.63, 3.8) is 0 Å². The Labute approximate surface area is 171 Å². The van der Waals surface area contributed by atoms with Gasteiger partial charge in [0.2, 0.25) is 11.7 Å². The van der Waals surface area contributed by atoms with Crippen LogP contribution >= 0.6 is 15.9 Å². The highest BCUT2D eigenvalue weighted by molar-refractivity contribution is 9.10. The third-order valence-corrected chi connectivity index (χ3v) is 4.67. The van der Waals surface area contributed by atoms with Crippen LogP contribution in [0.4, 0.5) is 0 Å². The van der Waals surface area contributed by atoms with Crippen molar-refractivity contribution in [3.05, 3.63) is 55.8 Å². The Morgan fingerprint density at radius 3 is 2.61 bits per heavy atom. The number of benzene rings is 1. The lowest BCUT2D eigenvalue weighted by atomic mass is 10.0. The Morgan fingerprint density at radius 2 is 2.00 bits per heavy atom. The van der Waals surface area contributed by atoms with Gasteiger partial charge in [0.15, 0.2) is 6.61 Å². The average molecular weight is 449 g/mol. The van der Waals surface area contributed by atoms with E-state index in [4.69, 9.17) is 9.47 Å². The minimum Gasteiger partial charge on any atom is -0.494 e. The van der Waals surface area contributed by atoms with E-state index in [-0.39, 0.29) is 29.8 Å². The van der Waals surface area contributed by atoms with Crippen molar-refractivity contribution in [2.45, 2.75) is 26.8 Å². The molecule has 0 aliphatic heterocycles. The highest BCUT2D eigenvalue weighted by Gasteiger charge is 2.24. The summed E-state index contributed by atoms with van der Waals surface area (Å²) in [7, 11) is 0. The summed E-state index contributed by atoms with van der Waals surface area (Å²) in [5.41, 5.74) is -0.722. The monoisotopic (exact) mass is 448 g/mol. The van der Waals surface area contributed by atoms with Crippen molar-refractivity contribution in [3.8, 4) is 17.7 Å². The van der Waals surface area contributed by atoms with Crippen LogP contribution in [-0.4, -0.2) is 35.3 Å². The standard InChI is InChI=1S/C20H21BrN2O5/c1-3-27-10-4-9-23-19(25)16(11-22)13(2)18(20(23)26)17(24)12-28-15-7-5-14(21)6-8-15/h5-8,26H,3-4,9-10,12H2,1-2H3. The fraction of sp³-hybridized carbons (Fsp3) is 0.350. The first-order valence-corrected chi connectivity index (χ1v) is 9.55. The molecule has 1 aromatic carbocycles. The number of nitriles is 1. The Kier molecular flexibility index (Phi) is 7.79. The second-order valence-electron chi connectivity index (χ2n) is 5.98. The SMILES string of the molecule is CCOCCCn1c(O)c(C(=O)COc2ccc(Br)cc2)c(C)c(C#N)c1=O. The number of rotatable bonds is 9. The Bertz CT molecular complexity index is 945. The zero-order chi connectivity index (χ0) is 20.7. The number of aromatic hydroxyl groups is 1. The minimum absolute atomic E-state index is 0.0790. The quantitative estimate of drug-likeness (QED) is 0.466.